The Morgan fingerprint density at radius 2 is 2.20 bits per heavy atom. The van der Waals surface area contributed by atoms with E-state index < -0.39 is 0 Å². The molecule has 0 aliphatic rings. The van der Waals surface area contributed by atoms with E-state index >= 15 is 0 Å². The number of thiazole rings is 1. The van der Waals surface area contributed by atoms with Gasteiger partial charge in [-0.25, -0.2) is 4.98 Å². The third-order valence-electron chi connectivity index (χ3n) is 2.31. The van der Waals surface area contributed by atoms with Crippen LogP contribution in [0.15, 0.2) is 5.51 Å². The molecule has 15 heavy (non-hydrogen) atoms. The first kappa shape index (κ1) is 12.6. The second-order valence-electron chi connectivity index (χ2n) is 3.57. The Hall–Kier alpha value is -0.450. The van der Waals surface area contributed by atoms with Crippen LogP contribution in [0.5, 0.6) is 0 Å². The first-order valence-electron chi connectivity index (χ1n) is 5.51. The van der Waals surface area contributed by atoms with E-state index in [9.17, 15) is 0 Å². The van der Waals surface area contributed by atoms with E-state index in [1.54, 1.807) is 11.3 Å². The van der Waals surface area contributed by atoms with Gasteiger partial charge in [0.2, 0.25) is 0 Å². The molecule has 1 heterocycles. The lowest BCUT2D eigenvalue weighted by molar-refractivity contribution is 0.133. The van der Waals surface area contributed by atoms with Gasteiger partial charge in [0.1, 0.15) is 0 Å². The van der Waals surface area contributed by atoms with E-state index in [2.05, 4.69) is 4.98 Å². The highest BCUT2D eigenvalue weighted by Gasteiger charge is 2.00. The van der Waals surface area contributed by atoms with E-state index in [0.717, 1.165) is 44.7 Å². The van der Waals surface area contributed by atoms with Crippen LogP contribution in [0.25, 0.3) is 0 Å². The fourth-order valence-corrected chi connectivity index (χ4v) is 2.12. The van der Waals surface area contributed by atoms with Crippen molar-refractivity contribution < 1.29 is 4.74 Å². The molecule has 0 aliphatic carbocycles. The summed E-state index contributed by atoms with van der Waals surface area (Å²) in [6.45, 7) is 4.51. The molecule has 0 bridgehead atoms. The van der Waals surface area contributed by atoms with Gasteiger partial charge in [-0.1, -0.05) is 0 Å². The molecule has 86 valence electrons. The number of aromatic nitrogens is 1. The van der Waals surface area contributed by atoms with Gasteiger partial charge in [-0.05, 0) is 32.7 Å². The Morgan fingerprint density at radius 3 is 2.87 bits per heavy atom. The van der Waals surface area contributed by atoms with Crippen LogP contribution in [0.1, 0.15) is 29.8 Å². The average molecular weight is 228 g/mol. The highest BCUT2D eigenvalue weighted by molar-refractivity contribution is 7.09. The predicted octanol–water partition coefficient (Wildman–Crippen LogP) is 2.14. The monoisotopic (exact) mass is 228 g/mol. The van der Waals surface area contributed by atoms with Crippen LogP contribution in [-0.2, 0) is 11.2 Å². The van der Waals surface area contributed by atoms with Crippen molar-refractivity contribution in [2.75, 3.05) is 19.8 Å². The summed E-state index contributed by atoms with van der Waals surface area (Å²) in [6.07, 6.45) is 4.40. The smallest absolute Gasteiger partial charge is 0.0797 e. The number of hydrogen-bond acceptors (Lipinski definition) is 4. The summed E-state index contributed by atoms with van der Waals surface area (Å²) in [5.74, 6) is 0. The van der Waals surface area contributed by atoms with Crippen LogP contribution in [0.4, 0.5) is 0 Å². The van der Waals surface area contributed by atoms with E-state index in [-0.39, 0.29) is 0 Å². The minimum atomic E-state index is 0.792. The van der Waals surface area contributed by atoms with Crippen molar-refractivity contribution in [3.05, 3.63) is 16.1 Å². The maximum absolute atomic E-state index is 5.55. The standard InChI is InChI=1S/C11H20N2OS/c1-10-11(15-9-13-10)5-8-14-7-4-2-3-6-12/h9H,2-8,12H2,1H3. The van der Waals surface area contributed by atoms with Gasteiger partial charge in [-0.15, -0.1) is 11.3 Å². The molecule has 0 aliphatic heterocycles. The summed E-state index contributed by atoms with van der Waals surface area (Å²) < 4.78 is 5.55. The van der Waals surface area contributed by atoms with Gasteiger partial charge in [0.25, 0.3) is 0 Å². The molecule has 2 N–H and O–H groups in total. The SMILES string of the molecule is Cc1ncsc1CCOCCCCCN. The van der Waals surface area contributed by atoms with Crippen LogP contribution < -0.4 is 5.73 Å². The minimum Gasteiger partial charge on any atom is -0.381 e. The Balaban J connectivity index is 1.96. The molecule has 1 rings (SSSR count). The molecule has 0 spiro atoms. The van der Waals surface area contributed by atoms with Gasteiger partial charge in [0, 0.05) is 17.9 Å². The fourth-order valence-electron chi connectivity index (χ4n) is 1.36. The van der Waals surface area contributed by atoms with Crippen molar-refractivity contribution in [3.63, 3.8) is 0 Å². The molecular formula is C11H20N2OS. The third kappa shape index (κ3) is 5.25. The van der Waals surface area contributed by atoms with Gasteiger partial charge in [-0.3, -0.25) is 0 Å². The molecule has 3 nitrogen and oxygen atoms in total. The number of unbranched alkanes of at least 4 members (excludes halogenated alkanes) is 2. The maximum atomic E-state index is 5.55. The van der Waals surface area contributed by atoms with Gasteiger partial charge in [0.05, 0.1) is 17.8 Å². The van der Waals surface area contributed by atoms with Gasteiger partial charge in [0.15, 0.2) is 0 Å². The Bertz CT molecular complexity index is 263. The molecule has 0 radical (unpaired) electrons. The fraction of sp³-hybridized carbons (Fsp3) is 0.727. The number of nitrogens with zero attached hydrogens (tertiary/aromatic N) is 1. The molecule has 0 unspecified atom stereocenters. The van der Waals surface area contributed by atoms with E-state index in [4.69, 9.17) is 10.5 Å². The molecule has 0 atom stereocenters. The van der Waals surface area contributed by atoms with E-state index in [1.165, 1.54) is 11.3 Å². The second-order valence-corrected chi connectivity index (χ2v) is 4.51. The van der Waals surface area contributed by atoms with Crippen LogP contribution in [0, 0.1) is 6.92 Å². The van der Waals surface area contributed by atoms with Crippen molar-refractivity contribution in [3.8, 4) is 0 Å². The van der Waals surface area contributed by atoms with Crippen molar-refractivity contribution in [2.24, 2.45) is 5.73 Å². The number of nitrogens with two attached hydrogens (primary N) is 1. The highest BCUT2D eigenvalue weighted by Crippen LogP contribution is 2.12. The van der Waals surface area contributed by atoms with Crippen molar-refractivity contribution in [1.29, 1.82) is 0 Å². The third-order valence-corrected chi connectivity index (χ3v) is 3.31. The summed E-state index contributed by atoms with van der Waals surface area (Å²) in [5, 5.41) is 0. The summed E-state index contributed by atoms with van der Waals surface area (Å²) in [5.41, 5.74) is 8.44. The van der Waals surface area contributed by atoms with Crippen molar-refractivity contribution in [1.82, 2.24) is 4.98 Å². The Morgan fingerprint density at radius 1 is 1.33 bits per heavy atom. The normalized spacial score (nSPS) is 10.8. The number of ether oxygens (including phenoxy) is 1. The molecule has 1 aromatic rings. The zero-order chi connectivity index (χ0) is 10.9. The summed E-state index contributed by atoms with van der Waals surface area (Å²) >= 11 is 1.71. The Kier molecular flexibility index (Phi) is 6.55. The zero-order valence-corrected chi connectivity index (χ0v) is 10.2. The van der Waals surface area contributed by atoms with E-state index in [1.807, 2.05) is 12.4 Å². The van der Waals surface area contributed by atoms with Gasteiger partial charge < -0.3 is 10.5 Å². The van der Waals surface area contributed by atoms with Crippen LogP contribution in [-0.4, -0.2) is 24.7 Å². The first-order chi connectivity index (χ1) is 7.34. The first-order valence-corrected chi connectivity index (χ1v) is 6.39. The summed E-state index contributed by atoms with van der Waals surface area (Å²) in [7, 11) is 0. The lowest BCUT2D eigenvalue weighted by atomic mass is 10.2. The molecule has 0 fully saturated rings. The molecule has 0 saturated heterocycles. The summed E-state index contributed by atoms with van der Waals surface area (Å²) in [4.78, 5) is 5.55. The average Bonchev–Trinajstić information content (AvgIpc) is 2.63. The molecule has 0 amide bonds. The minimum absolute atomic E-state index is 0.792. The zero-order valence-electron chi connectivity index (χ0n) is 9.37. The number of rotatable bonds is 8. The van der Waals surface area contributed by atoms with Gasteiger partial charge >= 0.3 is 0 Å². The lowest BCUT2D eigenvalue weighted by Crippen LogP contribution is -2.02. The van der Waals surface area contributed by atoms with E-state index in [0.29, 0.717) is 0 Å². The van der Waals surface area contributed by atoms with Crippen LogP contribution in [0.2, 0.25) is 0 Å². The van der Waals surface area contributed by atoms with Crippen LogP contribution >= 0.6 is 11.3 Å². The molecule has 1 aromatic heterocycles. The van der Waals surface area contributed by atoms with Crippen molar-refractivity contribution >= 4 is 11.3 Å². The highest BCUT2D eigenvalue weighted by atomic mass is 32.1. The largest absolute Gasteiger partial charge is 0.381 e. The molecule has 4 heteroatoms. The number of hydrogen-bond donors (Lipinski definition) is 1. The Labute approximate surface area is 95.7 Å². The number of aryl methyl sites for hydroxylation is 1. The molecular weight excluding hydrogens is 208 g/mol. The second kappa shape index (κ2) is 7.79. The summed E-state index contributed by atoms with van der Waals surface area (Å²) in [6, 6.07) is 0. The maximum Gasteiger partial charge on any atom is 0.0797 e. The quantitative estimate of drug-likeness (QED) is 0.693. The van der Waals surface area contributed by atoms with Crippen molar-refractivity contribution in [2.45, 2.75) is 32.6 Å². The molecule has 0 saturated carbocycles. The molecule has 0 aromatic carbocycles. The van der Waals surface area contributed by atoms with Crippen LogP contribution in [0.3, 0.4) is 0 Å². The topological polar surface area (TPSA) is 48.1 Å². The predicted molar refractivity (Wildman–Crippen MR) is 64.3 cm³/mol. The van der Waals surface area contributed by atoms with Gasteiger partial charge in [-0.2, -0.15) is 0 Å². The lowest BCUT2D eigenvalue weighted by Gasteiger charge is -2.03.